The molecule has 1 saturated carbocycles. The molecule has 3 heteroatoms. The van der Waals surface area contributed by atoms with Crippen LogP contribution in [0.3, 0.4) is 0 Å². The Morgan fingerprint density at radius 2 is 2.25 bits per heavy atom. The zero-order valence-electron chi connectivity index (χ0n) is 9.19. The second-order valence-corrected chi connectivity index (χ2v) is 4.08. The van der Waals surface area contributed by atoms with E-state index in [0.717, 1.165) is 12.8 Å². The molecule has 0 aliphatic heterocycles. The average Bonchev–Trinajstić information content (AvgIpc) is 3.10. The Morgan fingerprint density at radius 3 is 2.81 bits per heavy atom. The van der Waals surface area contributed by atoms with Gasteiger partial charge in [-0.15, -0.1) is 6.58 Å². The van der Waals surface area contributed by atoms with Gasteiger partial charge in [-0.2, -0.15) is 0 Å². The molecule has 1 aliphatic rings. The SMILES string of the molecule is C=CCN(c1c(F)cccc1CO)C1CC1. The van der Waals surface area contributed by atoms with Crippen LogP contribution in [0.2, 0.25) is 0 Å². The van der Waals surface area contributed by atoms with Gasteiger partial charge in [-0.1, -0.05) is 18.2 Å². The van der Waals surface area contributed by atoms with Crippen molar-refractivity contribution in [1.29, 1.82) is 0 Å². The zero-order valence-corrected chi connectivity index (χ0v) is 9.19. The normalized spacial score (nSPS) is 14.9. The minimum atomic E-state index is -0.264. The maximum Gasteiger partial charge on any atom is 0.146 e. The van der Waals surface area contributed by atoms with Gasteiger partial charge in [0.05, 0.1) is 12.3 Å². The van der Waals surface area contributed by atoms with Crippen LogP contribution in [0.5, 0.6) is 0 Å². The monoisotopic (exact) mass is 221 g/mol. The van der Waals surface area contributed by atoms with Crippen molar-refractivity contribution in [2.24, 2.45) is 0 Å². The molecule has 1 fully saturated rings. The summed E-state index contributed by atoms with van der Waals surface area (Å²) in [5.74, 6) is -0.264. The third kappa shape index (κ3) is 2.09. The number of hydrogen-bond acceptors (Lipinski definition) is 2. The lowest BCUT2D eigenvalue weighted by Crippen LogP contribution is -2.27. The number of aliphatic hydroxyl groups is 1. The summed E-state index contributed by atoms with van der Waals surface area (Å²) in [4.78, 5) is 1.99. The first-order chi connectivity index (χ1) is 7.77. The summed E-state index contributed by atoms with van der Waals surface area (Å²) in [6, 6.07) is 5.23. The number of anilines is 1. The summed E-state index contributed by atoms with van der Waals surface area (Å²) < 4.78 is 13.8. The van der Waals surface area contributed by atoms with Crippen molar-refractivity contribution in [3.05, 3.63) is 42.2 Å². The fraction of sp³-hybridized carbons (Fsp3) is 0.385. The molecule has 0 heterocycles. The lowest BCUT2D eigenvalue weighted by molar-refractivity contribution is 0.281. The molecule has 0 atom stereocenters. The predicted octanol–water partition coefficient (Wildman–Crippen LogP) is 2.47. The maximum absolute atomic E-state index is 13.8. The van der Waals surface area contributed by atoms with Crippen molar-refractivity contribution in [2.45, 2.75) is 25.5 Å². The van der Waals surface area contributed by atoms with E-state index in [1.54, 1.807) is 18.2 Å². The summed E-state index contributed by atoms with van der Waals surface area (Å²) >= 11 is 0. The van der Waals surface area contributed by atoms with Crippen LogP contribution in [-0.2, 0) is 6.61 Å². The highest BCUT2D eigenvalue weighted by Crippen LogP contribution is 2.35. The molecule has 2 rings (SSSR count). The van der Waals surface area contributed by atoms with Crippen molar-refractivity contribution in [1.82, 2.24) is 0 Å². The number of para-hydroxylation sites is 1. The molecule has 0 unspecified atom stereocenters. The Labute approximate surface area is 95.0 Å². The van der Waals surface area contributed by atoms with Crippen LogP contribution in [0.1, 0.15) is 18.4 Å². The van der Waals surface area contributed by atoms with E-state index in [0.29, 0.717) is 23.8 Å². The van der Waals surface area contributed by atoms with Gasteiger partial charge in [-0.3, -0.25) is 0 Å². The molecule has 0 bridgehead atoms. The van der Waals surface area contributed by atoms with Gasteiger partial charge in [-0.05, 0) is 18.9 Å². The molecule has 0 spiro atoms. The largest absolute Gasteiger partial charge is 0.392 e. The van der Waals surface area contributed by atoms with E-state index in [9.17, 15) is 9.50 Å². The van der Waals surface area contributed by atoms with Gasteiger partial charge < -0.3 is 10.0 Å². The van der Waals surface area contributed by atoms with Crippen LogP contribution in [-0.4, -0.2) is 17.7 Å². The van der Waals surface area contributed by atoms with Gasteiger partial charge in [0.2, 0.25) is 0 Å². The number of rotatable bonds is 5. The molecule has 1 aromatic rings. The van der Waals surface area contributed by atoms with Gasteiger partial charge in [-0.25, -0.2) is 4.39 Å². The summed E-state index contributed by atoms with van der Waals surface area (Å²) in [5.41, 5.74) is 1.18. The molecule has 0 amide bonds. The van der Waals surface area contributed by atoms with E-state index in [1.165, 1.54) is 6.07 Å². The summed E-state index contributed by atoms with van der Waals surface area (Å²) in [6.07, 6.45) is 3.95. The zero-order chi connectivity index (χ0) is 11.5. The topological polar surface area (TPSA) is 23.5 Å². The minimum absolute atomic E-state index is 0.131. The molecule has 2 nitrogen and oxygen atoms in total. The highest BCUT2D eigenvalue weighted by atomic mass is 19.1. The molecule has 1 N–H and O–H groups in total. The molecule has 1 aliphatic carbocycles. The Balaban J connectivity index is 2.38. The standard InChI is InChI=1S/C13H16FNO/c1-2-8-15(11-6-7-11)13-10(9-16)4-3-5-12(13)14/h2-5,11,16H,1,6-9H2. The average molecular weight is 221 g/mol. The molecule has 0 aromatic heterocycles. The van der Waals surface area contributed by atoms with Crippen molar-refractivity contribution in [2.75, 3.05) is 11.4 Å². The second kappa shape index (κ2) is 4.66. The van der Waals surface area contributed by atoms with E-state index >= 15 is 0 Å². The van der Waals surface area contributed by atoms with E-state index in [1.807, 2.05) is 4.90 Å². The van der Waals surface area contributed by atoms with Crippen molar-refractivity contribution in [3.8, 4) is 0 Å². The third-order valence-electron chi connectivity index (χ3n) is 2.84. The van der Waals surface area contributed by atoms with Crippen LogP contribution < -0.4 is 4.90 Å². The summed E-state index contributed by atoms with van der Waals surface area (Å²) in [5, 5.41) is 9.24. The highest BCUT2D eigenvalue weighted by Gasteiger charge is 2.31. The highest BCUT2D eigenvalue weighted by molar-refractivity contribution is 5.56. The predicted molar refractivity (Wildman–Crippen MR) is 62.9 cm³/mol. The molecular weight excluding hydrogens is 205 g/mol. The van der Waals surface area contributed by atoms with Gasteiger partial charge in [0.15, 0.2) is 0 Å². The van der Waals surface area contributed by atoms with Gasteiger partial charge >= 0.3 is 0 Å². The molecule has 16 heavy (non-hydrogen) atoms. The number of benzene rings is 1. The number of hydrogen-bond donors (Lipinski definition) is 1. The lowest BCUT2D eigenvalue weighted by atomic mass is 10.1. The molecular formula is C13H16FNO. The van der Waals surface area contributed by atoms with Gasteiger partial charge in [0.1, 0.15) is 5.82 Å². The Hall–Kier alpha value is -1.35. The minimum Gasteiger partial charge on any atom is -0.392 e. The number of nitrogens with zero attached hydrogens (tertiary/aromatic N) is 1. The van der Waals surface area contributed by atoms with E-state index in [4.69, 9.17) is 0 Å². The van der Waals surface area contributed by atoms with Crippen LogP contribution in [0, 0.1) is 5.82 Å². The molecule has 0 radical (unpaired) electrons. The van der Waals surface area contributed by atoms with E-state index in [-0.39, 0.29) is 12.4 Å². The maximum atomic E-state index is 13.8. The van der Waals surface area contributed by atoms with Gasteiger partial charge in [0, 0.05) is 18.2 Å². The first-order valence-corrected chi connectivity index (χ1v) is 5.53. The fourth-order valence-electron chi connectivity index (χ4n) is 1.96. The summed E-state index contributed by atoms with van der Waals surface area (Å²) in [6.45, 7) is 4.19. The molecule has 0 saturated heterocycles. The van der Waals surface area contributed by atoms with Crippen molar-refractivity contribution in [3.63, 3.8) is 0 Å². The first-order valence-electron chi connectivity index (χ1n) is 5.53. The second-order valence-electron chi connectivity index (χ2n) is 4.08. The van der Waals surface area contributed by atoms with Crippen LogP contribution in [0.15, 0.2) is 30.9 Å². The first kappa shape index (κ1) is 11.1. The Morgan fingerprint density at radius 1 is 1.50 bits per heavy atom. The van der Waals surface area contributed by atoms with Crippen LogP contribution in [0.4, 0.5) is 10.1 Å². The summed E-state index contributed by atoms with van der Waals surface area (Å²) in [7, 11) is 0. The quantitative estimate of drug-likeness (QED) is 0.772. The Kier molecular flexibility index (Phi) is 3.25. The van der Waals surface area contributed by atoms with Gasteiger partial charge in [0.25, 0.3) is 0 Å². The van der Waals surface area contributed by atoms with Crippen LogP contribution in [0.25, 0.3) is 0 Å². The van der Waals surface area contributed by atoms with E-state index in [2.05, 4.69) is 6.58 Å². The molecule has 1 aromatic carbocycles. The van der Waals surface area contributed by atoms with Crippen molar-refractivity contribution < 1.29 is 9.50 Å². The number of halogens is 1. The third-order valence-corrected chi connectivity index (χ3v) is 2.84. The van der Waals surface area contributed by atoms with Crippen LogP contribution >= 0.6 is 0 Å². The Bertz CT molecular complexity index is 388. The number of aliphatic hydroxyl groups excluding tert-OH is 1. The lowest BCUT2D eigenvalue weighted by Gasteiger charge is -2.25. The smallest absolute Gasteiger partial charge is 0.146 e. The van der Waals surface area contributed by atoms with E-state index < -0.39 is 0 Å². The van der Waals surface area contributed by atoms with Crippen molar-refractivity contribution >= 4 is 5.69 Å². The molecule has 86 valence electrons. The fourth-order valence-corrected chi connectivity index (χ4v) is 1.96.